The summed E-state index contributed by atoms with van der Waals surface area (Å²) in [7, 11) is -2.29. The van der Waals surface area contributed by atoms with Crippen LogP contribution in [0.15, 0.2) is 112 Å². The van der Waals surface area contributed by atoms with Gasteiger partial charge in [-0.25, -0.2) is 18.1 Å². The summed E-state index contributed by atoms with van der Waals surface area (Å²) in [6.07, 6.45) is 2.23. The normalized spacial score (nSPS) is 13.8. The van der Waals surface area contributed by atoms with Gasteiger partial charge in [-0.3, -0.25) is 9.59 Å². The zero-order valence-corrected chi connectivity index (χ0v) is 24.7. The monoisotopic (exact) mass is 620 g/mol. The molecule has 0 radical (unpaired) electrons. The number of methoxy groups -OCH3 is 1. The summed E-state index contributed by atoms with van der Waals surface area (Å²) in [5, 5.41) is 0.691. The first-order valence-electron chi connectivity index (χ1n) is 13.1. The number of amides is 2. The molecule has 0 bridgehead atoms. The first-order chi connectivity index (χ1) is 20.2. The summed E-state index contributed by atoms with van der Waals surface area (Å²) in [5.74, 6) is -0.0769. The molecule has 4 aromatic rings. The fourth-order valence-corrected chi connectivity index (χ4v) is 6.27. The summed E-state index contributed by atoms with van der Waals surface area (Å²) in [6, 6.07) is 29.4. The van der Waals surface area contributed by atoms with Gasteiger partial charge in [-0.2, -0.15) is 0 Å². The van der Waals surface area contributed by atoms with E-state index in [2.05, 4.69) is 9.71 Å². The average Bonchev–Trinajstić information content (AvgIpc) is 3.32. The number of rotatable bonds is 9. The molecular weight excluding hydrogens is 591 g/mol. The van der Waals surface area contributed by atoms with Gasteiger partial charge >= 0.3 is 29.6 Å². The molecule has 0 saturated heterocycles. The number of ether oxygens (including phenoxy) is 1. The number of aryl methyl sites for hydroxylation is 1. The van der Waals surface area contributed by atoms with Crippen LogP contribution in [0.25, 0.3) is 17.2 Å². The molecule has 43 heavy (non-hydrogen) atoms. The van der Waals surface area contributed by atoms with Crippen molar-refractivity contribution in [1.29, 1.82) is 0 Å². The molecule has 7 nitrogen and oxygen atoms in total. The third-order valence-electron chi connectivity index (χ3n) is 6.62. The van der Waals surface area contributed by atoms with E-state index in [1.807, 2.05) is 73.7 Å². The van der Waals surface area contributed by atoms with Gasteiger partial charge in [-0.15, -0.1) is 0 Å². The Hall–Kier alpha value is -3.47. The maximum atomic E-state index is 12.6. The SMILES string of the molecule is COc1ccc(-c2ccc(C=C3SC(Cc4ccc(CC(=O)NS(=O)(=O)c5ccc(C)cc5)cc4)=NC3=O)cc2)cc1.[NaH]. The molecule has 2 amide bonds. The van der Waals surface area contributed by atoms with Gasteiger partial charge in [0.25, 0.3) is 15.9 Å². The van der Waals surface area contributed by atoms with Crippen LogP contribution in [0.5, 0.6) is 5.75 Å². The van der Waals surface area contributed by atoms with Crippen molar-refractivity contribution in [1.82, 2.24) is 4.72 Å². The molecule has 214 valence electrons. The Balaban J connectivity index is 0.00000423. The van der Waals surface area contributed by atoms with Gasteiger partial charge in [-0.05, 0) is 65.1 Å². The van der Waals surface area contributed by atoms with E-state index < -0.39 is 15.9 Å². The van der Waals surface area contributed by atoms with Crippen LogP contribution >= 0.6 is 11.8 Å². The van der Waals surface area contributed by atoms with E-state index in [-0.39, 0.29) is 46.8 Å². The number of sulfonamides is 1. The Bertz CT molecular complexity index is 1780. The van der Waals surface area contributed by atoms with Gasteiger partial charge < -0.3 is 4.74 Å². The van der Waals surface area contributed by atoms with E-state index in [9.17, 15) is 18.0 Å². The van der Waals surface area contributed by atoms with Crippen LogP contribution in [0, 0.1) is 6.92 Å². The zero-order chi connectivity index (χ0) is 29.7. The number of carbonyl (C=O) groups excluding carboxylic acids is 2. The molecule has 0 aliphatic carbocycles. The van der Waals surface area contributed by atoms with E-state index in [1.165, 1.54) is 23.9 Å². The fraction of sp³-hybridized carbons (Fsp3) is 0.121. The third-order valence-corrected chi connectivity index (χ3v) is 8.99. The Morgan fingerprint density at radius 1 is 0.860 bits per heavy atom. The van der Waals surface area contributed by atoms with Gasteiger partial charge in [0, 0.05) is 6.42 Å². The van der Waals surface area contributed by atoms with Gasteiger partial charge in [0.15, 0.2) is 0 Å². The third kappa shape index (κ3) is 8.55. The van der Waals surface area contributed by atoms with Crippen molar-refractivity contribution in [3.05, 3.63) is 124 Å². The average molecular weight is 621 g/mol. The Kier molecular flexibility index (Phi) is 10.8. The first-order valence-corrected chi connectivity index (χ1v) is 15.4. The molecule has 4 aromatic carbocycles. The minimum atomic E-state index is -3.93. The summed E-state index contributed by atoms with van der Waals surface area (Å²) in [4.78, 5) is 29.8. The second-order valence-corrected chi connectivity index (χ2v) is 12.6. The predicted molar refractivity (Wildman–Crippen MR) is 174 cm³/mol. The molecule has 5 rings (SSSR count). The number of hydrogen-bond donors (Lipinski definition) is 1. The summed E-state index contributed by atoms with van der Waals surface area (Å²) in [6.45, 7) is 1.86. The van der Waals surface area contributed by atoms with Crippen LogP contribution in [-0.2, 0) is 32.5 Å². The molecule has 10 heteroatoms. The van der Waals surface area contributed by atoms with Crippen LogP contribution in [0.4, 0.5) is 0 Å². The van der Waals surface area contributed by atoms with Crippen molar-refractivity contribution in [2.24, 2.45) is 4.99 Å². The van der Waals surface area contributed by atoms with Crippen molar-refractivity contribution in [2.45, 2.75) is 24.7 Å². The van der Waals surface area contributed by atoms with Gasteiger partial charge in [0.05, 0.1) is 28.4 Å². The number of nitrogens with one attached hydrogen (secondary N) is 1. The molecule has 1 N–H and O–H groups in total. The van der Waals surface area contributed by atoms with Crippen molar-refractivity contribution in [3.63, 3.8) is 0 Å². The van der Waals surface area contributed by atoms with Crippen LogP contribution in [0.3, 0.4) is 0 Å². The van der Waals surface area contributed by atoms with E-state index in [4.69, 9.17) is 4.74 Å². The van der Waals surface area contributed by atoms with E-state index in [0.29, 0.717) is 21.9 Å². The van der Waals surface area contributed by atoms with Crippen molar-refractivity contribution in [3.8, 4) is 16.9 Å². The number of hydrogen-bond acceptors (Lipinski definition) is 6. The molecular formula is C33H29N2NaO5S2. The van der Waals surface area contributed by atoms with Crippen molar-refractivity contribution in [2.75, 3.05) is 7.11 Å². The zero-order valence-electron chi connectivity index (χ0n) is 23.0. The van der Waals surface area contributed by atoms with Gasteiger partial charge in [0.1, 0.15) is 5.75 Å². The summed E-state index contributed by atoms with van der Waals surface area (Å²) >= 11 is 1.35. The molecule has 0 saturated carbocycles. The Morgan fingerprint density at radius 2 is 1.44 bits per heavy atom. The standard InChI is InChI=1S/C33H28N2O5S2.Na.H/c1-22-3-17-29(18-4-22)42(38,39)35-31(36)20-24-5-7-25(8-6-24)21-32-34-33(37)30(41-32)19-23-9-11-26(12-10-23)27-13-15-28(40-2)16-14-27;;/h3-19H,20-21H2,1-2H3,(H,35,36);;. The molecule has 0 unspecified atom stereocenters. The summed E-state index contributed by atoms with van der Waals surface area (Å²) in [5.41, 5.74) is 5.57. The van der Waals surface area contributed by atoms with Crippen LogP contribution in [0.2, 0.25) is 0 Å². The van der Waals surface area contributed by atoms with Crippen LogP contribution < -0.4 is 9.46 Å². The van der Waals surface area contributed by atoms with Gasteiger partial charge in [0.2, 0.25) is 5.91 Å². The topological polar surface area (TPSA) is 102 Å². The molecule has 0 atom stereocenters. The Morgan fingerprint density at radius 3 is 2.05 bits per heavy atom. The molecule has 1 aliphatic rings. The van der Waals surface area contributed by atoms with E-state index in [1.54, 1.807) is 31.4 Å². The predicted octanol–water partition coefficient (Wildman–Crippen LogP) is 5.33. The first kappa shape index (κ1) is 32.4. The molecule has 0 fully saturated rings. The quantitative estimate of drug-likeness (QED) is 0.201. The number of carbonyl (C=O) groups is 2. The molecule has 1 aliphatic heterocycles. The van der Waals surface area contributed by atoms with E-state index >= 15 is 0 Å². The number of benzene rings is 4. The number of thioether (sulfide) groups is 1. The van der Waals surface area contributed by atoms with Crippen molar-refractivity contribution >= 4 is 74.3 Å². The van der Waals surface area contributed by atoms with Crippen molar-refractivity contribution < 1.29 is 22.7 Å². The maximum absolute atomic E-state index is 12.6. The summed E-state index contributed by atoms with van der Waals surface area (Å²) < 4.78 is 32.3. The van der Waals surface area contributed by atoms with E-state index in [0.717, 1.165) is 33.6 Å². The molecule has 1 heterocycles. The van der Waals surface area contributed by atoms with Crippen LogP contribution in [0.1, 0.15) is 22.3 Å². The number of aliphatic imine (C=N–C) groups is 1. The minimum absolute atomic E-state index is 0. The second kappa shape index (κ2) is 14.3. The molecule has 0 aromatic heterocycles. The Labute approximate surface area is 277 Å². The molecule has 0 spiro atoms. The van der Waals surface area contributed by atoms with Crippen LogP contribution in [-0.4, -0.2) is 61.9 Å². The fourth-order valence-electron chi connectivity index (χ4n) is 4.33. The second-order valence-electron chi connectivity index (χ2n) is 9.78. The number of nitrogens with zero attached hydrogens (tertiary/aromatic N) is 1. The van der Waals surface area contributed by atoms with Gasteiger partial charge in [-0.1, -0.05) is 90.1 Å².